The van der Waals surface area contributed by atoms with Gasteiger partial charge in [-0.1, -0.05) is 29.5 Å². The Morgan fingerprint density at radius 3 is 2.76 bits per heavy atom. The van der Waals surface area contributed by atoms with Crippen LogP contribution in [0.1, 0.15) is 45.9 Å². The van der Waals surface area contributed by atoms with Crippen molar-refractivity contribution in [1.29, 1.82) is 0 Å². The molecule has 0 radical (unpaired) electrons. The van der Waals surface area contributed by atoms with Crippen LogP contribution in [-0.2, 0) is 17.6 Å². The summed E-state index contributed by atoms with van der Waals surface area (Å²) in [6.45, 7) is 3.88. The van der Waals surface area contributed by atoms with E-state index in [0.717, 1.165) is 22.0 Å². The smallest absolute Gasteiger partial charge is 0.286 e. The van der Waals surface area contributed by atoms with Gasteiger partial charge in [-0.25, -0.2) is 0 Å². The van der Waals surface area contributed by atoms with E-state index < -0.39 is 0 Å². The molecular formula is C21H24N4O3S. The van der Waals surface area contributed by atoms with Gasteiger partial charge in [0.2, 0.25) is 10.9 Å². The van der Waals surface area contributed by atoms with Crippen LogP contribution < -0.4 is 10.6 Å². The largest absolute Gasteiger partial charge is 0.469 e. The van der Waals surface area contributed by atoms with E-state index in [0.29, 0.717) is 30.7 Å². The Labute approximate surface area is 173 Å². The van der Waals surface area contributed by atoms with E-state index in [1.807, 2.05) is 50.2 Å². The zero-order valence-electron chi connectivity index (χ0n) is 16.5. The lowest BCUT2D eigenvalue weighted by Crippen LogP contribution is -2.33. The Balaban J connectivity index is 1.41. The number of para-hydroxylation sites is 1. The number of carbonyl (C=O) groups excluding carboxylic acids is 2. The molecule has 7 nitrogen and oxygen atoms in total. The van der Waals surface area contributed by atoms with Crippen LogP contribution in [0.3, 0.4) is 0 Å². The summed E-state index contributed by atoms with van der Waals surface area (Å²) in [6.07, 6.45) is 3.94. The highest BCUT2D eigenvalue weighted by Gasteiger charge is 2.15. The molecule has 2 aromatic heterocycles. The summed E-state index contributed by atoms with van der Waals surface area (Å²) in [5, 5.41) is 14.9. The number of nitrogens with one attached hydrogen (secondary N) is 2. The van der Waals surface area contributed by atoms with Gasteiger partial charge >= 0.3 is 0 Å². The van der Waals surface area contributed by atoms with Crippen molar-refractivity contribution in [3.63, 3.8) is 0 Å². The van der Waals surface area contributed by atoms with Crippen molar-refractivity contribution in [2.75, 3.05) is 5.32 Å². The summed E-state index contributed by atoms with van der Waals surface area (Å²) in [5.74, 6) is 0.571. The summed E-state index contributed by atoms with van der Waals surface area (Å²) < 4.78 is 5.29. The Morgan fingerprint density at radius 2 is 2.00 bits per heavy atom. The van der Waals surface area contributed by atoms with Gasteiger partial charge in [-0.2, -0.15) is 0 Å². The number of nitrogens with zero attached hydrogens (tertiary/aromatic N) is 2. The van der Waals surface area contributed by atoms with Crippen molar-refractivity contribution < 1.29 is 14.0 Å². The van der Waals surface area contributed by atoms with Crippen molar-refractivity contribution in [1.82, 2.24) is 15.5 Å². The molecule has 2 N–H and O–H groups in total. The maximum Gasteiger partial charge on any atom is 0.286 e. The second-order valence-electron chi connectivity index (χ2n) is 6.88. The molecule has 8 heteroatoms. The molecule has 0 aliphatic rings. The third-order valence-electron chi connectivity index (χ3n) is 4.34. The van der Waals surface area contributed by atoms with Gasteiger partial charge in [0.1, 0.15) is 10.8 Å². The molecule has 2 amide bonds. The van der Waals surface area contributed by atoms with Gasteiger partial charge in [0.25, 0.3) is 5.91 Å². The fourth-order valence-corrected chi connectivity index (χ4v) is 3.64. The average molecular weight is 413 g/mol. The molecule has 0 bridgehead atoms. The van der Waals surface area contributed by atoms with E-state index in [1.54, 1.807) is 6.26 Å². The van der Waals surface area contributed by atoms with E-state index in [-0.39, 0.29) is 17.9 Å². The number of rotatable bonds is 9. The second kappa shape index (κ2) is 9.97. The van der Waals surface area contributed by atoms with E-state index in [1.165, 1.54) is 11.3 Å². The Bertz CT molecular complexity index is 953. The number of carbonyl (C=O) groups is 2. The lowest BCUT2D eigenvalue weighted by Gasteiger charge is -2.12. The second-order valence-corrected chi connectivity index (χ2v) is 7.94. The maximum atomic E-state index is 12.3. The first kappa shape index (κ1) is 20.7. The van der Waals surface area contributed by atoms with Crippen molar-refractivity contribution in [3.05, 3.63) is 64.0 Å². The van der Waals surface area contributed by atoms with Gasteiger partial charge in [-0.15, -0.1) is 10.2 Å². The zero-order chi connectivity index (χ0) is 20.6. The molecule has 3 aromatic rings. The monoisotopic (exact) mass is 412 g/mol. The fraction of sp³-hybridized carbons (Fsp3) is 0.333. The molecule has 152 valence electrons. The van der Waals surface area contributed by atoms with Crippen LogP contribution in [0, 0.1) is 6.92 Å². The first-order valence-corrected chi connectivity index (χ1v) is 10.3. The SMILES string of the molecule is Cc1ccccc1NC(=O)c1nnc(CCCC(=O)N[C@H](C)Cc2ccco2)s1. The summed E-state index contributed by atoms with van der Waals surface area (Å²) in [5.41, 5.74) is 1.74. The average Bonchev–Trinajstić information content (AvgIpc) is 3.35. The molecule has 0 saturated carbocycles. The Morgan fingerprint density at radius 1 is 1.17 bits per heavy atom. The fourth-order valence-electron chi connectivity index (χ4n) is 2.86. The summed E-state index contributed by atoms with van der Waals surface area (Å²) in [7, 11) is 0. The van der Waals surface area contributed by atoms with Gasteiger partial charge in [-0.3, -0.25) is 9.59 Å². The Kier molecular flexibility index (Phi) is 7.13. The van der Waals surface area contributed by atoms with Crippen molar-refractivity contribution >= 4 is 28.8 Å². The number of aromatic nitrogens is 2. The van der Waals surface area contributed by atoms with Crippen LogP contribution in [0.5, 0.6) is 0 Å². The third-order valence-corrected chi connectivity index (χ3v) is 5.33. The normalized spacial score (nSPS) is 11.8. The van der Waals surface area contributed by atoms with Gasteiger partial charge in [-0.05, 0) is 44.0 Å². The van der Waals surface area contributed by atoms with Crippen molar-refractivity contribution in [3.8, 4) is 0 Å². The van der Waals surface area contributed by atoms with Gasteiger partial charge in [0.15, 0.2) is 0 Å². The summed E-state index contributed by atoms with van der Waals surface area (Å²) in [6, 6.07) is 11.3. The van der Waals surface area contributed by atoms with Crippen LogP contribution in [0.25, 0.3) is 0 Å². The molecule has 0 aliphatic carbocycles. The topological polar surface area (TPSA) is 97.1 Å². The van der Waals surface area contributed by atoms with Crippen LogP contribution in [0.4, 0.5) is 5.69 Å². The maximum absolute atomic E-state index is 12.3. The van der Waals surface area contributed by atoms with Gasteiger partial charge < -0.3 is 15.1 Å². The number of hydrogen-bond donors (Lipinski definition) is 2. The highest BCUT2D eigenvalue weighted by molar-refractivity contribution is 7.13. The van der Waals surface area contributed by atoms with E-state index in [4.69, 9.17) is 4.42 Å². The summed E-state index contributed by atoms with van der Waals surface area (Å²) >= 11 is 1.26. The molecule has 1 atom stereocenters. The molecule has 0 fully saturated rings. The third kappa shape index (κ3) is 6.25. The molecular weight excluding hydrogens is 388 g/mol. The van der Waals surface area contributed by atoms with Crippen LogP contribution >= 0.6 is 11.3 Å². The predicted octanol–water partition coefficient (Wildman–Crippen LogP) is 3.76. The molecule has 0 saturated heterocycles. The highest BCUT2D eigenvalue weighted by atomic mass is 32.1. The van der Waals surface area contributed by atoms with Gasteiger partial charge in [0.05, 0.1) is 6.26 Å². The minimum Gasteiger partial charge on any atom is -0.469 e. The molecule has 0 aliphatic heterocycles. The molecule has 1 aromatic carbocycles. The zero-order valence-corrected chi connectivity index (χ0v) is 17.3. The van der Waals surface area contributed by atoms with Gasteiger partial charge in [0, 0.05) is 31.0 Å². The summed E-state index contributed by atoms with van der Waals surface area (Å²) in [4.78, 5) is 24.4. The number of amides is 2. The molecule has 0 spiro atoms. The number of aryl methyl sites for hydroxylation is 2. The van der Waals surface area contributed by atoms with E-state index in [9.17, 15) is 9.59 Å². The predicted molar refractivity (Wildman–Crippen MR) is 112 cm³/mol. The standard InChI is InChI=1S/C21H24N4O3S/c1-14-7-3-4-9-17(14)23-20(27)21-25-24-19(29-21)11-5-10-18(26)22-15(2)13-16-8-6-12-28-16/h3-4,6-9,12,15H,5,10-11,13H2,1-2H3,(H,22,26)(H,23,27)/t15-/m1/s1. The lowest BCUT2D eigenvalue weighted by atomic mass is 10.1. The molecule has 3 rings (SSSR count). The van der Waals surface area contributed by atoms with E-state index in [2.05, 4.69) is 20.8 Å². The molecule has 29 heavy (non-hydrogen) atoms. The van der Waals surface area contributed by atoms with E-state index >= 15 is 0 Å². The minimum atomic E-state index is -0.271. The highest BCUT2D eigenvalue weighted by Crippen LogP contribution is 2.17. The number of benzene rings is 1. The first-order valence-electron chi connectivity index (χ1n) is 9.52. The number of anilines is 1. The molecule has 0 unspecified atom stereocenters. The molecule has 2 heterocycles. The quantitative estimate of drug-likeness (QED) is 0.558. The first-order chi connectivity index (χ1) is 14.0. The van der Waals surface area contributed by atoms with Crippen molar-refractivity contribution in [2.24, 2.45) is 0 Å². The van der Waals surface area contributed by atoms with Crippen molar-refractivity contribution in [2.45, 2.75) is 45.6 Å². The Hall–Kier alpha value is -3.00. The van der Waals surface area contributed by atoms with Crippen LogP contribution in [0.15, 0.2) is 47.1 Å². The lowest BCUT2D eigenvalue weighted by molar-refractivity contribution is -0.121. The number of hydrogen-bond acceptors (Lipinski definition) is 6. The van der Waals surface area contributed by atoms with Crippen LogP contribution in [-0.4, -0.2) is 28.1 Å². The number of furan rings is 1. The minimum absolute atomic E-state index is 0.00641. The van der Waals surface area contributed by atoms with Crippen LogP contribution in [0.2, 0.25) is 0 Å².